The van der Waals surface area contributed by atoms with Crippen molar-refractivity contribution in [1.82, 2.24) is 9.88 Å². The molecule has 1 N–H and O–H groups in total. The summed E-state index contributed by atoms with van der Waals surface area (Å²) in [4.78, 5) is 16.2. The lowest BCUT2D eigenvalue weighted by atomic mass is 10.2. The van der Waals surface area contributed by atoms with E-state index in [0.717, 1.165) is 12.0 Å². The van der Waals surface area contributed by atoms with Crippen LogP contribution in [0, 0.1) is 0 Å². The van der Waals surface area contributed by atoms with Crippen LogP contribution in [0.25, 0.3) is 0 Å². The molecule has 0 atom stereocenters. The fourth-order valence-electron chi connectivity index (χ4n) is 1.17. The predicted octanol–water partition coefficient (Wildman–Crippen LogP) is 0.422. The molecular formula is C10H14N2O2. The van der Waals surface area contributed by atoms with Crippen LogP contribution in [-0.4, -0.2) is 34.6 Å². The number of carbonyl (C=O) groups is 1. The maximum atomic E-state index is 10.6. The first-order valence-corrected chi connectivity index (χ1v) is 4.56. The minimum absolute atomic E-state index is 0.112. The first-order chi connectivity index (χ1) is 6.86. The maximum Gasteiger partial charge on any atom is 0.210 e. The van der Waals surface area contributed by atoms with Crippen LogP contribution in [0.5, 0.6) is 0 Å². The Morgan fingerprint density at radius 2 is 2.14 bits per heavy atom. The number of hydrogen-bond acceptors (Lipinski definition) is 3. The van der Waals surface area contributed by atoms with Crippen molar-refractivity contribution in [1.29, 1.82) is 0 Å². The molecule has 0 aliphatic heterocycles. The number of aromatic nitrogens is 1. The second-order valence-electron chi connectivity index (χ2n) is 3.01. The zero-order chi connectivity index (χ0) is 10.2. The van der Waals surface area contributed by atoms with E-state index in [1.807, 2.05) is 12.1 Å². The Balaban J connectivity index is 2.44. The van der Waals surface area contributed by atoms with E-state index in [-0.39, 0.29) is 6.61 Å². The minimum atomic E-state index is 0.112. The van der Waals surface area contributed by atoms with Crippen molar-refractivity contribution >= 4 is 6.41 Å². The summed E-state index contributed by atoms with van der Waals surface area (Å²) in [6, 6.07) is 3.74. The van der Waals surface area contributed by atoms with Crippen LogP contribution in [0.2, 0.25) is 0 Å². The van der Waals surface area contributed by atoms with Crippen molar-refractivity contribution in [3.05, 3.63) is 30.1 Å². The number of hydrogen-bond donors (Lipinski definition) is 1. The van der Waals surface area contributed by atoms with Crippen LogP contribution in [0.1, 0.15) is 12.0 Å². The van der Waals surface area contributed by atoms with Gasteiger partial charge >= 0.3 is 0 Å². The molecule has 0 radical (unpaired) electrons. The van der Waals surface area contributed by atoms with Crippen molar-refractivity contribution in [3.8, 4) is 0 Å². The lowest BCUT2D eigenvalue weighted by Crippen LogP contribution is -2.23. The Morgan fingerprint density at radius 1 is 1.43 bits per heavy atom. The lowest BCUT2D eigenvalue weighted by molar-refractivity contribution is -0.118. The van der Waals surface area contributed by atoms with Gasteiger partial charge in [-0.05, 0) is 24.1 Å². The van der Waals surface area contributed by atoms with Crippen molar-refractivity contribution < 1.29 is 9.90 Å². The van der Waals surface area contributed by atoms with E-state index in [1.54, 1.807) is 17.3 Å². The summed E-state index contributed by atoms with van der Waals surface area (Å²) in [5.41, 5.74) is 1.05. The van der Waals surface area contributed by atoms with Gasteiger partial charge in [-0.2, -0.15) is 0 Å². The fourth-order valence-corrected chi connectivity index (χ4v) is 1.17. The Hall–Kier alpha value is -1.42. The summed E-state index contributed by atoms with van der Waals surface area (Å²) in [5.74, 6) is 0. The number of nitrogens with zero attached hydrogens (tertiary/aromatic N) is 2. The number of carbonyl (C=O) groups excluding carboxylic acids is 1. The predicted molar refractivity (Wildman–Crippen MR) is 52.4 cm³/mol. The molecule has 4 nitrogen and oxygen atoms in total. The van der Waals surface area contributed by atoms with Gasteiger partial charge in [0.25, 0.3) is 0 Å². The topological polar surface area (TPSA) is 53.4 Å². The standard InChI is InChI=1S/C10H14N2O2/c13-7-1-6-12(9-14)8-10-2-4-11-5-3-10/h2-5,9,13H,1,6-8H2. The van der Waals surface area contributed by atoms with Gasteiger partial charge in [0.1, 0.15) is 0 Å². The molecule has 1 amide bonds. The lowest BCUT2D eigenvalue weighted by Gasteiger charge is -2.16. The van der Waals surface area contributed by atoms with Gasteiger partial charge in [0.15, 0.2) is 0 Å². The first kappa shape index (κ1) is 10.7. The molecule has 0 bridgehead atoms. The molecule has 1 heterocycles. The normalized spacial score (nSPS) is 9.79. The number of rotatable bonds is 6. The molecule has 1 rings (SSSR count). The van der Waals surface area contributed by atoms with E-state index >= 15 is 0 Å². The monoisotopic (exact) mass is 194 g/mol. The SMILES string of the molecule is O=CN(CCCO)Cc1ccncc1. The summed E-state index contributed by atoms with van der Waals surface area (Å²) in [7, 11) is 0. The van der Waals surface area contributed by atoms with Gasteiger partial charge in [0, 0.05) is 32.1 Å². The average Bonchev–Trinajstić information content (AvgIpc) is 2.25. The van der Waals surface area contributed by atoms with E-state index in [2.05, 4.69) is 4.98 Å². The van der Waals surface area contributed by atoms with Gasteiger partial charge in [-0.3, -0.25) is 9.78 Å². The highest BCUT2D eigenvalue weighted by Crippen LogP contribution is 2.01. The van der Waals surface area contributed by atoms with Crippen LogP contribution in [0.15, 0.2) is 24.5 Å². The van der Waals surface area contributed by atoms with Gasteiger partial charge in [-0.1, -0.05) is 0 Å². The summed E-state index contributed by atoms with van der Waals surface area (Å²) < 4.78 is 0. The molecule has 4 heteroatoms. The number of aliphatic hydroxyl groups excluding tert-OH is 1. The van der Waals surface area contributed by atoms with Crippen LogP contribution in [-0.2, 0) is 11.3 Å². The maximum absolute atomic E-state index is 10.6. The highest BCUT2D eigenvalue weighted by molar-refractivity contribution is 5.47. The van der Waals surface area contributed by atoms with Crippen LogP contribution < -0.4 is 0 Å². The molecule has 1 aromatic heterocycles. The van der Waals surface area contributed by atoms with Gasteiger partial charge in [0.2, 0.25) is 6.41 Å². The first-order valence-electron chi connectivity index (χ1n) is 4.56. The smallest absolute Gasteiger partial charge is 0.210 e. The Labute approximate surface area is 83.2 Å². The van der Waals surface area contributed by atoms with E-state index < -0.39 is 0 Å². The second kappa shape index (κ2) is 6.10. The van der Waals surface area contributed by atoms with E-state index in [1.165, 1.54) is 0 Å². The number of amides is 1. The molecule has 0 saturated heterocycles. The third-order valence-corrected chi connectivity index (χ3v) is 1.89. The van der Waals surface area contributed by atoms with Gasteiger partial charge in [-0.15, -0.1) is 0 Å². The van der Waals surface area contributed by atoms with Gasteiger partial charge < -0.3 is 10.0 Å². The molecule has 0 aromatic carbocycles. The van der Waals surface area contributed by atoms with E-state index in [0.29, 0.717) is 19.5 Å². The fraction of sp³-hybridized carbons (Fsp3) is 0.400. The molecule has 0 unspecified atom stereocenters. The summed E-state index contributed by atoms with van der Waals surface area (Å²) in [6.07, 6.45) is 4.81. The molecule has 0 fully saturated rings. The largest absolute Gasteiger partial charge is 0.396 e. The molecule has 76 valence electrons. The van der Waals surface area contributed by atoms with E-state index in [4.69, 9.17) is 5.11 Å². The van der Waals surface area contributed by atoms with Gasteiger partial charge in [-0.25, -0.2) is 0 Å². The molecule has 1 aromatic rings. The Morgan fingerprint density at radius 3 is 2.71 bits per heavy atom. The van der Waals surface area contributed by atoms with Crippen LogP contribution in [0.3, 0.4) is 0 Å². The molecule has 0 saturated carbocycles. The van der Waals surface area contributed by atoms with Crippen LogP contribution in [0.4, 0.5) is 0 Å². The molecule has 0 aliphatic carbocycles. The average molecular weight is 194 g/mol. The minimum Gasteiger partial charge on any atom is -0.396 e. The van der Waals surface area contributed by atoms with E-state index in [9.17, 15) is 4.79 Å². The van der Waals surface area contributed by atoms with Crippen molar-refractivity contribution in [3.63, 3.8) is 0 Å². The summed E-state index contributed by atoms with van der Waals surface area (Å²) in [6.45, 7) is 1.27. The Bertz CT molecular complexity index is 264. The van der Waals surface area contributed by atoms with Crippen molar-refractivity contribution in [2.75, 3.05) is 13.2 Å². The second-order valence-corrected chi connectivity index (χ2v) is 3.01. The number of aliphatic hydroxyl groups is 1. The third kappa shape index (κ3) is 3.53. The zero-order valence-electron chi connectivity index (χ0n) is 7.97. The summed E-state index contributed by atoms with van der Waals surface area (Å²) in [5, 5.41) is 8.62. The molecule has 0 aliphatic rings. The van der Waals surface area contributed by atoms with Crippen molar-refractivity contribution in [2.45, 2.75) is 13.0 Å². The Kier molecular flexibility index (Phi) is 4.64. The highest BCUT2D eigenvalue weighted by atomic mass is 16.3. The van der Waals surface area contributed by atoms with Crippen LogP contribution >= 0.6 is 0 Å². The number of pyridine rings is 1. The molecular weight excluding hydrogens is 180 g/mol. The van der Waals surface area contributed by atoms with Crippen molar-refractivity contribution in [2.24, 2.45) is 0 Å². The van der Waals surface area contributed by atoms with Gasteiger partial charge in [0.05, 0.1) is 0 Å². The zero-order valence-corrected chi connectivity index (χ0v) is 7.97. The summed E-state index contributed by atoms with van der Waals surface area (Å²) >= 11 is 0. The molecule has 0 spiro atoms. The molecule has 14 heavy (non-hydrogen) atoms. The quantitative estimate of drug-likeness (QED) is 0.668. The third-order valence-electron chi connectivity index (χ3n) is 1.89. The highest BCUT2D eigenvalue weighted by Gasteiger charge is 2.01.